The molecule has 0 saturated heterocycles. The first kappa shape index (κ1) is 10.7. The SMILES string of the molecule is CC(C)c1nc2c(Cl)cccc2[nH+]c1Cl. The van der Waals surface area contributed by atoms with E-state index in [9.17, 15) is 0 Å². The first-order valence-electron chi connectivity index (χ1n) is 4.76. The summed E-state index contributed by atoms with van der Waals surface area (Å²) in [6.45, 7) is 4.09. The van der Waals surface area contributed by atoms with E-state index in [1.54, 1.807) is 0 Å². The molecule has 0 unspecified atom stereocenters. The van der Waals surface area contributed by atoms with Crippen molar-refractivity contribution in [2.75, 3.05) is 0 Å². The minimum atomic E-state index is 0.273. The van der Waals surface area contributed by atoms with Crippen LogP contribution in [0.25, 0.3) is 11.0 Å². The first-order chi connectivity index (χ1) is 7.09. The predicted octanol–water partition coefficient (Wildman–Crippen LogP) is 3.48. The molecule has 15 heavy (non-hydrogen) atoms. The number of hydrogen-bond acceptors (Lipinski definition) is 1. The van der Waals surface area contributed by atoms with Gasteiger partial charge in [-0.3, -0.25) is 0 Å². The highest BCUT2D eigenvalue weighted by Crippen LogP contribution is 2.24. The van der Waals surface area contributed by atoms with Gasteiger partial charge in [-0.05, 0) is 17.7 Å². The third-order valence-electron chi connectivity index (χ3n) is 2.24. The van der Waals surface area contributed by atoms with Crippen molar-refractivity contribution < 1.29 is 4.98 Å². The lowest BCUT2D eigenvalue weighted by Gasteiger charge is -2.03. The molecule has 4 heteroatoms. The van der Waals surface area contributed by atoms with Crippen LogP contribution in [0.1, 0.15) is 25.5 Å². The number of nitrogens with one attached hydrogen (secondary N) is 1. The van der Waals surface area contributed by atoms with E-state index in [1.165, 1.54) is 0 Å². The summed E-state index contributed by atoms with van der Waals surface area (Å²) in [6, 6.07) is 5.60. The maximum absolute atomic E-state index is 6.09. The second-order valence-electron chi connectivity index (χ2n) is 3.73. The summed E-state index contributed by atoms with van der Waals surface area (Å²) in [5.41, 5.74) is 2.47. The van der Waals surface area contributed by atoms with E-state index in [-0.39, 0.29) is 5.92 Å². The van der Waals surface area contributed by atoms with Gasteiger partial charge in [0.2, 0.25) is 5.52 Å². The molecule has 78 valence electrons. The number of hydrogen-bond donors (Lipinski definition) is 0. The number of nitrogens with zero attached hydrogens (tertiary/aromatic N) is 1. The van der Waals surface area contributed by atoms with Gasteiger partial charge in [0.1, 0.15) is 5.69 Å². The molecule has 1 aromatic heterocycles. The molecule has 0 atom stereocenters. The monoisotopic (exact) mass is 241 g/mol. The predicted molar refractivity (Wildman–Crippen MR) is 62.4 cm³/mol. The number of benzene rings is 1. The summed E-state index contributed by atoms with van der Waals surface area (Å²) in [4.78, 5) is 7.58. The third-order valence-corrected chi connectivity index (χ3v) is 2.83. The maximum Gasteiger partial charge on any atom is 0.295 e. The Morgan fingerprint density at radius 3 is 2.67 bits per heavy atom. The normalized spacial score (nSPS) is 11.3. The van der Waals surface area contributed by atoms with E-state index in [2.05, 4.69) is 9.97 Å². The molecule has 0 bridgehead atoms. The lowest BCUT2D eigenvalue weighted by Crippen LogP contribution is -2.12. The lowest BCUT2D eigenvalue weighted by molar-refractivity contribution is -0.343. The van der Waals surface area contributed by atoms with Crippen LogP contribution in [0.2, 0.25) is 10.2 Å². The number of para-hydroxylation sites is 1. The molecular formula is C11H11Cl2N2+. The van der Waals surface area contributed by atoms with Crippen molar-refractivity contribution in [1.29, 1.82) is 0 Å². The van der Waals surface area contributed by atoms with E-state index < -0.39 is 0 Å². The smallest absolute Gasteiger partial charge is 0.237 e. The molecule has 0 aliphatic carbocycles. The molecule has 1 N–H and O–H groups in total. The van der Waals surface area contributed by atoms with Gasteiger partial charge in [0.25, 0.3) is 5.15 Å². The van der Waals surface area contributed by atoms with E-state index in [0.29, 0.717) is 10.2 Å². The number of halogens is 2. The lowest BCUT2D eigenvalue weighted by atomic mass is 10.1. The van der Waals surface area contributed by atoms with Crippen LogP contribution in [0.3, 0.4) is 0 Å². The van der Waals surface area contributed by atoms with Gasteiger partial charge in [-0.25, -0.2) is 4.98 Å². The van der Waals surface area contributed by atoms with Crippen molar-refractivity contribution in [2.24, 2.45) is 0 Å². The number of aromatic nitrogens is 2. The van der Waals surface area contributed by atoms with Gasteiger partial charge in [-0.1, -0.05) is 31.5 Å². The Kier molecular flexibility index (Phi) is 2.81. The fraction of sp³-hybridized carbons (Fsp3) is 0.273. The fourth-order valence-electron chi connectivity index (χ4n) is 1.46. The van der Waals surface area contributed by atoms with Crippen LogP contribution < -0.4 is 4.98 Å². The van der Waals surface area contributed by atoms with E-state index in [1.807, 2.05) is 32.0 Å². The van der Waals surface area contributed by atoms with E-state index in [0.717, 1.165) is 16.7 Å². The Morgan fingerprint density at radius 2 is 2.00 bits per heavy atom. The van der Waals surface area contributed by atoms with Gasteiger partial charge in [-0.15, -0.1) is 0 Å². The van der Waals surface area contributed by atoms with Crippen LogP contribution >= 0.6 is 23.2 Å². The Morgan fingerprint density at radius 1 is 1.27 bits per heavy atom. The van der Waals surface area contributed by atoms with Crippen LogP contribution in [0.15, 0.2) is 18.2 Å². The summed E-state index contributed by atoms with van der Waals surface area (Å²) in [7, 11) is 0. The topological polar surface area (TPSA) is 27.0 Å². The zero-order valence-corrected chi connectivity index (χ0v) is 10.0. The molecule has 2 nitrogen and oxygen atoms in total. The van der Waals surface area contributed by atoms with Crippen LogP contribution in [0, 0.1) is 0 Å². The van der Waals surface area contributed by atoms with Crippen molar-refractivity contribution in [3.63, 3.8) is 0 Å². The summed E-state index contributed by atoms with van der Waals surface area (Å²) < 4.78 is 0. The Bertz CT molecular complexity index is 509. The largest absolute Gasteiger partial charge is 0.295 e. The minimum absolute atomic E-state index is 0.273. The average molecular weight is 242 g/mol. The fourth-order valence-corrected chi connectivity index (χ4v) is 2.04. The second-order valence-corrected chi connectivity index (χ2v) is 4.51. The first-order valence-corrected chi connectivity index (χ1v) is 5.52. The van der Waals surface area contributed by atoms with Gasteiger partial charge < -0.3 is 0 Å². The van der Waals surface area contributed by atoms with Gasteiger partial charge in [-0.2, -0.15) is 4.98 Å². The molecule has 0 aliphatic heterocycles. The van der Waals surface area contributed by atoms with Gasteiger partial charge in [0.15, 0.2) is 5.52 Å². The van der Waals surface area contributed by atoms with Crippen LogP contribution in [0.4, 0.5) is 0 Å². The third kappa shape index (κ3) is 1.92. The van der Waals surface area contributed by atoms with Crippen molar-refractivity contribution >= 4 is 34.2 Å². The average Bonchev–Trinajstić information content (AvgIpc) is 2.16. The van der Waals surface area contributed by atoms with Crippen LogP contribution in [0.5, 0.6) is 0 Å². The highest BCUT2D eigenvalue weighted by molar-refractivity contribution is 6.35. The maximum atomic E-state index is 6.09. The Hall–Kier alpha value is -0.860. The summed E-state index contributed by atoms with van der Waals surface area (Å²) in [5.74, 6) is 0.273. The molecule has 2 rings (SSSR count). The molecule has 0 aliphatic rings. The minimum Gasteiger partial charge on any atom is -0.237 e. The molecule has 0 spiro atoms. The van der Waals surface area contributed by atoms with Crippen molar-refractivity contribution in [2.45, 2.75) is 19.8 Å². The van der Waals surface area contributed by atoms with E-state index >= 15 is 0 Å². The van der Waals surface area contributed by atoms with Crippen molar-refractivity contribution in [3.05, 3.63) is 34.1 Å². The molecule has 1 aromatic carbocycles. The number of aromatic amines is 1. The number of fused-ring (bicyclic) bond motifs is 1. The summed E-state index contributed by atoms with van der Waals surface area (Å²) in [6.07, 6.45) is 0. The standard InChI is InChI=1S/C11H10Cl2N2/c1-6(2)9-11(13)14-8-5-3-4-7(12)10(8)15-9/h3-6H,1-2H3/p+1. The quantitative estimate of drug-likeness (QED) is 0.752. The molecule has 1 heterocycles. The second kappa shape index (κ2) is 3.95. The van der Waals surface area contributed by atoms with Gasteiger partial charge in [0.05, 0.1) is 5.02 Å². The molecule has 0 fully saturated rings. The van der Waals surface area contributed by atoms with Gasteiger partial charge >= 0.3 is 0 Å². The molecule has 2 aromatic rings. The molecule has 0 radical (unpaired) electrons. The van der Waals surface area contributed by atoms with Crippen LogP contribution in [-0.2, 0) is 0 Å². The zero-order chi connectivity index (χ0) is 11.0. The Labute approximate surface area is 98.3 Å². The summed E-state index contributed by atoms with van der Waals surface area (Å²) in [5, 5.41) is 1.22. The molecule has 0 amide bonds. The van der Waals surface area contributed by atoms with Crippen LogP contribution in [-0.4, -0.2) is 4.98 Å². The highest BCUT2D eigenvalue weighted by Gasteiger charge is 2.16. The molecular weight excluding hydrogens is 231 g/mol. The Balaban J connectivity index is 2.78. The number of H-pyrrole nitrogens is 1. The van der Waals surface area contributed by atoms with Gasteiger partial charge in [0, 0.05) is 12.0 Å². The molecule has 0 saturated carbocycles. The summed E-state index contributed by atoms with van der Waals surface area (Å²) >= 11 is 12.1. The van der Waals surface area contributed by atoms with Crippen molar-refractivity contribution in [3.8, 4) is 0 Å². The highest BCUT2D eigenvalue weighted by atomic mass is 35.5. The van der Waals surface area contributed by atoms with E-state index in [4.69, 9.17) is 23.2 Å². The zero-order valence-electron chi connectivity index (χ0n) is 8.51. The number of rotatable bonds is 1. The van der Waals surface area contributed by atoms with Crippen molar-refractivity contribution in [1.82, 2.24) is 4.98 Å².